The van der Waals surface area contributed by atoms with E-state index in [2.05, 4.69) is 15.9 Å². The summed E-state index contributed by atoms with van der Waals surface area (Å²) in [5.41, 5.74) is -2.52. The van der Waals surface area contributed by atoms with Crippen LogP contribution in [0.4, 0.5) is 4.39 Å². The molecule has 3 aromatic carbocycles. The predicted molar refractivity (Wildman–Crippen MR) is 116 cm³/mol. The number of ketones is 1. The van der Waals surface area contributed by atoms with Crippen LogP contribution in [0.1, 0.15) is 28.8 Å². The number of esters is 2. The van der Waals surface area contributed by atoms with Crippen LogP contribution in [0.5, 0.6) is 11.5 Å². The smallest absolute Gasteiger partial charge is 0.330 e. The quantitative estimate of drug-likeness (QED) is 0.219. The fourth-order valence-electron chi connectivity index (χ4n) is 4.80. The lowest BCUT2D eigenvalue weighted by Crippen LogP contribution is -2.41. The van der Waals surface area contributed by atoms with Gasteiger partial charge in [0.2, 0.25) is 0 Å². The van der Waals surface area contributed by atoms with Gasteiger partial charge in [-0.05, 0) is 61.5 Å². The molecule has 5 rings (SSSR count). The summed E-state index contributed by atoms with van der Waals surface area (Å²) in [5, 5.41) is 0. The van der Waals surface area contributed by atoms with Gasteiger partial charge in [-0.2, -0.15) is 0 Å². The van der Waals surface area contributed by atoms with E-state index in [1.165, 1.54) is 24.3 Å². The fourth-order valence-corrected chi connectivity index (χ4v) is 5.06. The topological polar surface area (TPSA) is 69.7 Å². The standard InChI is InChI=1S/C25H16BrFO5/c1-24(21(28)14-6-10-16(27)11-7-14)20-18-4-2-3-5-19(18)32-23(30)25(20,24)22(29)31-17-12-8-15(26)9-13-17/h2-13,20H,1H3/t20-,24-,25-/m1/s1. The highest BCUT2D eigenvalue weighted by atomic mass is 79.9. The molecular weight excluding hydrogens is 479 g/mol. The van der Waals surface area contributed by atoms with Crippen molar-refractivity contribution in [2.45, 2.75) is 12.8 Å². The van der Waals surface area contributed by atoms with Gasteiger partial charge in [0.1, 0.15) is 17.3 Å². The van der Waals surface area contributed by atoms with Gasteiger partial charge in [0, 0.05) is 21.5 Å². The largest absolute Gasteiger partial charge is 0.426 e. The Balaban J connectivity index is 1.62. The van der Waals surface area contributed by atoms with Crippen molar-refractivity contribution in [1.29, 1.82) is 0 Å². The molecule has 0 amide bonds. The summed E-state index contributed by atoms with van der Waals surface area (Å²) in [6, 6.07) is 18.4. The summed E-state index contributed by atoms with van der Waals surface area (Å²) >= 11 is 3.32. The van der Waals surface area contributed by atoms with Gasteiger partial charge in [0.05, 0.1) is 5.41 Å². The van der Waals surface area contributed by atoms with E-state index >= 15 is 0 Å². The maximum atomic E-state index is 13.6. The van der Waals surface area contributed by atoms with Crippen LogP contribution in [-0.4, -0.2) is 17.7 Å². The summed E-state index contributed by atoms with van der Waals surface area (Å²) in [4.78, 5) is 40.4. The first-order chi connectivity index (χ1) is 15.3. The van der Waals surface area contributed by atoms with Crippen molar-refractivity contribution in [2.75, 3.05) is 0 Å². The molecule has 0 bridgehead atoms. The number of fused-ring (bicyclic) bond motifs is 3. The number of carbonyl (C=O) groups is 3. The number of para-hydroxylation sites is 1. The third kappa shape index (κ3) is 2.70. The zero-order valence-corrected chi connectivity index (χ0v) is 18.4. The molecule has 2 aliphatic rings. The van der Waals surface area contributed by atoms with Gasteiger partial charge in [0.25, 0.3) is 0 Å². The average Bonchev–Trinajstić information content (AvgIpc) is 3.39. The maximum Gasteiger partial charge on any atom is 0.330 e. The van der Waals surface area contributed by atoms with Gasteiger partial charge < -0.3 is 9.47 Å². The fraction of sp³-hybridized carbons (Fsp3) is 0.160. The second kappa shape index (κ2) is 7.10. The second-order valence-corrected chi connectivity index (χ2v) is 8.97. The van der Waals surface area contributed by atoms with Crippen molar-refractivity contribution in [3.8, 4) is 11.5 Å². The van der Waals surface area contributed by atoms with E-state index in [0.717, 1.165) is 4.47 Å². The van der Waals surface area contributed by atoms with E-state index in [0.29, 0.717) is 11.3 Å². The van der Waals surface area contributed by atoms with Crippen LogP contribution in [0.3, 0.4) is 0 Å². The first-order valence-electron chi connectivity index (χ1n) is 9.89. The molecule has 7 heteroatoms. The maximum absolute atomic E-state index is 13.6. The number of hydrogen-bond donors (Lipinski definition) is 0. The highest BCUT2D eigenvalue weighted by Crippen LogP contribution is 2.78. The minimum atomic E-state index is -1.85. The van der Waals surface area contributed by atoms with E-state index in [1.807, 2.05) is 0 Å². The number of Topliss-reactive ketones (excluding diaryl/α,β-unsaturated/α-hetero) is 1. The van der Waals surface area contributed by atoms with Crippen LogP contribution in [0.15, 0.2) is 77.3 Å². The number of ether oxygens (including phenoxy) is 2. The predicted octanol–water partition coefficient (Wildman–Crippen LogP) is 5.09. The number of carbonyl (C=O) groups excluding carboxylic acids is 3. The number of rotatable bonds is 4. The number of benzene rings is 3. The Morgan fingerprint density at radius 1 is 1.00 bits per heavy atom. The molecule has 1 heterocycles. The summed E-state index contributed by atoms with van der Waals surface area (Å²) < 4.78 is 25.3. The van der Waals surface area contributed by atoms with Crippen molar-refractivity contribution in [1.82, 2.24) is 0 Å². The van der Waals surface area contributed by atoms with Crippen molar-refractivity contribution >= 4 is 33.7 Å². The van der Waals surface area contributed by atoms with Crippen LogP contribution in [0.2, 0.25) is 0 Å². The van der Waals surface area contributed by atoms with E-state index in [4.69, 9.17) is 9.47 Å². The summed E-state index contributed by atoms with van der Waals surface area (Å²) in [5.74, 6) is -2.86. The molecule has 0 spiro atoms. The van der Waals surface area contributed by atoms with E-state index in [9.17, 15) is 18.8 Å². The molecule has 1 saturated carbocycles. The lowest BCUT2D eigenvalue weighted by atomic mass is 9.87. The van der Waals surface area contributed by atoms with Crippen molar-refractivity contribution in [3.63, 3.8) is 0 Å². The zero-order valence-electron chi connectivity index (χ0n) is 16.8. The van der Waals surface area contributed by atoms with Gasteiger partial charge in [-0.3, -0.25) is 14.4 Å². The van der Waals surface area contributed by atoms with Gasteiger partial charge in [-0.25, -0.2) is 4.39 Å². The number of hydrogen-bond acceptors (Lipinski definition) is 5. The van der Waals surface area contributed by atoms with Crippen LogP contribution in [0, 0.1) is 16.6 Å². The van der Waals surface area contributed by atoms with E-state index in [-0.39, 0.29) is 11.3 Å². The number of halogens is 2. The SMILES string of the molecule is C[C@]1(C(=O)c2ccc(F)cc2)[C@H]2c3ccccc3OC(=O)[C@]21C(=O)Oc1ccc(Br)cc1. The highest BCUT2D eigenvalue weighted by molar-refractivity contribution is 9.10. The first-order valence-corrected chi connectivity index (χ1v) is 10.7. The average molecular weight is 495 g/mol. The monoisotopic (exact) mass is 494 g/mol. The first kappa shape index (κ1) is 20.6. The Morgan fingerprint density at radius 2 is 1.66 bits per heavy atom. The van der Waals surface area contributed by atoms with Gasteiger partial charge in [-0.15, -0.1) is 0 Å². The molecule has 160 valence electrons. The molecule has 3 atom stereocenters. The van der Waals surface area contributed by atoms with Crippen molar-refractivity contribution in [3.05, 3.63) is 94.2 Å². The minimum absolute atomic E-state index is 0.199. The molecule has 0 aromatic heterocycles. The minimum Gasteiger partial charge on any atom is -0.426 e. The Morgan fingerprint density at radius 3 is 2.34 bits per heavy atom. The molecule has 5 nitrogen and oxygen atoms in total. The molecule has 32 heavy (non-hydrogen) atoms. The third-order valence-electron chi connectivity index (χ3n) is 6.43. The Bertz CT molecular complexity index is 1270. The summed E-state index contributed by atoms with van der Waals surface area (Å²) in [6.07, 6.45) is 0. The van der Waals surface area contributed by atoms with E-state index < -0.39 is 40.3 Å². The lowest BCUT2D eigenvalue weighted by Gasteiger charge is -2.22. The Kier molecular flexibility index (Phi) is 4.57. The highest BCUT2D eigenvalue weighted by Gasteiger charge is 2.89. The van der Waals surface area contributed by atoms with Gasteiger partial charge >= 0.3 is 11.9 Å². The molecule has 1 fully saturated rings. The van der Waals surface area contributed by atoms with Crippen LogP contribution >= 0.6 is 15.9 Å². The molecule has 3 aromatic rings. The van der Waals surface area contributed by atoms with Crippen LogP contribution < -0.4 is 9.47 Å². The molecular formula is C25H16BrFO5. The molecule has 0 N–H and O–H groups in total. The molecule has 0 radical (unpaired) electrons. The van der Waals surface area contributed by atoms with Crippen LogP contribution in [-0.2, 0) is 9.59 Å². The Labute approximate surface area is 191 Å². The van der Waals surface area contributed by atoms with Crippen molar-refractivity contribution < 1.29 is 28.2 Å². The summed E-state index contributed by atoms with van der Waals surface area (Å²) in [6.45, 7) is 1.57. The molecule has 0 saturated heterocycles. The van der Waals surface area contributed by atoms with Gasteiger partial charge in [-0.1, -0.05) is 34.1 Å². The Hall–Kier alpha value is -3.32. The van der Waals surface area contributed by atoms with Crippen LogP contribution in [0.25, 0.3) is 0 Å². The summed E-state index contributed by atoms with van der Waals surface area (Å²) in [7, 11) is 0. The molecule has 0 unspecified atom stereocenters. The van der Waals surface area contributed by atoms with Gasteiger partial charge in [0.15, 0.2) is 11.2 Å². The molecule has 1 aliphatic carbocycles. The van der Waals surface area contributed by atoms with Crippen molar-refractivity contribution in [2.24, 2.45) is 10.8 Å². The second-order valence-electron chi connectivity index (χ2n) is 8.05. The normalized spacial score (nSPS) is 25.2. The van der Waals surface area contributed by atoms with E-state index in [1.54, 1.807) is 55.5 Å². The third-order valence-corrected chi connectivity index (χ3v) is 6.95. The molecule has 1 aliphatic heterocycles. The lowest BCUT2D eigenvalue weighted by molar-refractivity contribution is -0.156. The zero-order chi connectivity index (χ0) is 22.7.